The Labute approximate surface area is 56.7 Å². The molecular formula is C4H4N2S2. The highest BCUT2D eigenvalue weighted by atomic mass is 33.1. The summed E-state index contributed by atoms with van der Waals surface area (Å²) in [6, 6.07) is 0. The van der Waals surface area contributed by atoms with E-state index in [9.17, 15) is 0 Å². The van der Waals surface area contributed by atoms with Gasteiger partial charge in [0, 0.05) is 0 Å². The Hall–Kier alpha value is -0.320. The van der Waals surface area contributed by atoms with Crippen LogP contribution < -0.4 is 0 Å². The largest absolute Gasteiger partial charge is 0.304 e. The van der Waals surface area contributed by atoms with E-state index < -0.39 is 0 Å². The van der Waals surface area contributed by atoms with Crippen molar-refractivity contribution in [2.45, 2.75) is 0 Å². The van der Waals surface area contributed by atoms with Crippen molar-refractivity contribution in [2.75, 3.05) is 11.8 Å². The summed E-state index contributed by atoms with van der Waals surface area (Å²) in [4.78, 5) is 6.19. The molecule has 0 atom stereocenters. The summed E-state index contributed by atoms with van der Waals surface area (Å²) in [6.07, 6.45) is 0. The van der Waals surface area contributed by atoms with Crippen LogP contribution in [-0.2, 0) is 0 Å². The molecule has 0 radical (unpaired) electrons. The zero-order chi connectivity index (χ0) is 6.24. The molecule has 0 heterocycles. The van der Waals surface area contributed by atoms with Crippen LogP contribution in [0.5, 0.6) is 0 Å². The summed E-state index contributed by atoms with van der Waals surface area (Å²) in [7, 11) is 2.85. The lowest BCUT2D eigenvalue weighted by Crippen LogP contribution is -1.60. The molecule has 0 amide bonds. The molecule has 0 aromatic carbocycles. The standard InChI is InChI=1S/C4H4N2S2/c1-5-3-7-8-4-6-2/h3-4H2. The van der Waals surface area contributed by atoms with Gasteiger partial charge in [0.05, 0.1) is 0 Å². The molecule has 0 fully saturated rings. The molecule has 0 aromatic rings. The van der Waals surface area contributed by atoms with Gasteiger partial charge in [0.2, 0.25) is 0 Å². The molecule has 4 heteroatoms. The van der Waals surface area contributed by atoms with Crippen molar-refractivity contribution in [3.63, 3.8) is 0 Å². The van der Waals surface area contributed by atoms with E-state index in [2.05, 4.69) is 9.69 Å². The lowest BCUT2D eigenvalue weighted by atomic mass is 11.5. The first kappa shape index (κ1) is 7.68. The molecule has 0 aromatic heterocycles. The summed E-state index contributed by atoms with van der Waals surface area (Å²) < 4.78 is 0. The van der Waals surface area contributed by atoms with Gasteiger partial charge >= 0.3 is 0 Å². The number of hydrogen-bond acceptors (Lipinski definition) is 2. The normalized spacial score (nSPS) is 7.25. The second-order valence-electron chi connectivity index (χ2n) is 0.810. The third-order valence-corrected chi connectivity index (χ3v) is 2.09. The van der Waals surface area contributed by atoms with Crippen LogP contribution in [0.2, 0.25) is 0 Å². The zero-order valence-corrected chi connectivity index (χ0v) is 5.76. The van der Waals surface area contributed by atoms with Gasteiger partial charge in [0.15, 0.2) is 0 Å². The minimum Gasteiger partial charge on any atom is -0.304 e. The Morgan fingerprint density at radius 1 is 1.00 bits per heavy atom. The first-order chi connectivity index (χ1) is 3.91. The first-order valence-corrected chi connectivity index (χ1v) is 4.31. The quantitative estimate of drug-likeness (QED) is 0.341. The third-order valence-electron chi connectivity index (χ3n) is 0.318. The van der Waals surface area contributed by atoms with Gasteiger partial charge in [-0.1, -0.05) is 0 Å². The van der Waals surface area contributed by atoms with Gasteiger partial charge in [0.25, 0.3) is 11.8 Å². The smallest absolute Gasteiger partial charge is 0.269 e. The Balaban J connectivity index is 2.77. The molecule has 0 aliphatic rings. The molecule has 0 N–H and O–H groups in total. The maximum Gasteiger partial charge on any atom is 0.269 e. The summed E-state index contributed by atoms with van der Waals surface area (Å²) in [5.41, 5.74) is 0. The monoisotopic (exact) mass is 144 g/mol. The maximum absolute atomic E-state index is 6.35. The molecule has 0 aliphatic carbocycles. The predicted octanol–water partition coefficient (Wildman–Crippen LogP) is 2.12. The lowest BCUT2D eigenvalue weighted by Gasteiger charge is -1.79. The van der Waals surface area contributed by atoms with Gasteiger partial charge in [-0.2, -0.15) is 0 Å². The molecule has 0 saturated carbocycles. The second kappa shape index (κ2) is 6.68. The molecular weight excluding hydrogens is 140 g/mol. The van der Waals surface area contributed by atoms with Crippen LogP contribution >= 0.6 is 21.6 Å². The summed E-state index contributed by atoms with van der Waals surface area (Å²) >= 11 is 0. The molecule has 0 unspecified atom stereocenters. The average molecular weight is 144 g/mol. The minimum absolute atomic E-state index is 0.459. The van der Waals surface area contributed by atoms with Crippen LogP contribution in [0.1, 0.15) is 0 Å². The predicted molar refractivity (Wildman–Crippen MR) is 38.1 cm³/mol. The second-order valence-corrected chi connectivity index (χ2v) is 3.21. The zero-order valence-electron chi connectivity index (χ0n) is 4.13. The fourth-order valence-corrected chi connectivity index (χ4v) is 1.15. The minimum atomic E-state index is 0.459. The van der Waals surface area contributed by atoms with E-state index in [1.807, 2.05) is 0 Å². The Kier molecular flexibility index (Phi) is 6.41. The first-order valence-electron chi connectivity index (χ1n) is 1.82. The lowest BCUT2D eigenvalue weighted by molar-refractivity contribution is 1.80. The topological polar surface area (TPSA) is 8.72 Å². The molecule has 0 bridgehead atoms. The van der Waals surface area contributed by atoms with Gasteiger partial charge in [-0.3, -0.25) is 0 Å². The van der Waals surface area contributed by atoms with Crippen LogP contribution in [0.25, 0.3) is 9.69 Å². The highest BCUT2D eigenvalue weighted by Crippen LogP contribution is 2.20. The van der Waals surface area contributed by atoms with Crippen molar-refractivity contribution in [1.82, 2.24) is 0 Å². The molecule has 0 rings (SSSR count). The van der Waals surface area contributed by atoms with E-state index in [0.29, 0.717) is 11.8 Å². The summed E-state index contributed by atoms with van der Waals surface area (Å²) in [5.74, 6) is 0.917. The van der Waals surface area contributed by atoms with Gasteiger partial charge in [-0.15, -0.1) is 0 Å². The highest BCUT2D eigenvalue weighted by molar-refractivity contribution is 8.76. The highest BCUT2D eigenvalue weighted by Gasteiger charge is 1.89. The fraction of sp³-hybridized carbons (Fsp3) is 0.500. The van der Waals surface area contributed by atoms with Crippen LogP contribution in [0.3, 0.4) is 0 Å². The van der Waals surface area contributed by atoms with Crippen molar-refractivity contribution in [1.29, 1.82) is 0 Å². The van der Waals surface area contributed by atoms with Crippen LogP contribution in [0.15, 0.2) is 0 Å². The van der Waals surface area contributed by atoms with E-state index >= 15 is 0 Å². The number of hydrogen-bond donors (Lipinski definition) is 0. The molecule has 2 nitrogen and oxygen atoms in total. The van der Waals surface area contributed by atoms with Crippen molar-refractivity contribution in [3.8, 4) is 0 Å². The summed E-state index contributed by atoms with van der Waals surface area (Å²) in [6.45, 7) is 12.7. The van der Waals surface area contributed by atoms with Crippen molar-refractivity contribution >= 4 is 21.6 Å². The summed E-state index contributed by atoms with van der Waals surface area (Å²) in [5, 5.41) is 0. The molecule has 0 aliphatic heterocycles. The van der Waals surface area contributed by atoms with Gasteiger partial charge in [-0.25, -0.2) is 13.1 Å². The van der Waals surface area contributed by atoms with Crippen molar-refractivity contribution in [3.05, 3.63) is 22.8 Å². The molecule has 8 heavy (non-hydrogen) atoms. The van der Waals surface area contributed by atoms with Gasteiger partial charge < -0.3 is 9.69 Å². The SMILES string of the molecule is [C-]#[N+]CSSC[N+]#[C-]. The van der Waals surface area contributed by atoms with E-state index in [1.165, 1.54) is 21.6 Å². The van der Waals surface area contributed by atoms with Gasteiger partial charge in [0.1, 0.15) is 0 Å². The number of rotatable bonds is 3. The third kappa shape index (κ3) is 5.68. The van der Waals surface area contributed by atoms with Crippen molar-refractivity contribution in [2.24, 2.45) is 0 Å². The van der Waals surface area contributed by atoms with Crippen molar-refractivity contribution < 1.29 is 0 Å². The number of nitrogens with zero attached hydrogens (tertiary/aromatic N) is 2. The Morgan fingerprint density at radius 3 is 1.62 bits per heavy atom. The maximum atomic E-state index is 6.35. The molecule has 42 valence electrons. The Bertz CT molecular complexity index is 105. The van der Waals surface area contributed by atoms with E-state index in [1.54, 1.807) is 0 Å². The average Bonchev–Trinajstić information content (AvgIpc) is 1.81. The Morgan fingerprint density at radius 2 is 1.38 bits per heavy atom. The molecule has 0 saturated heterocycles. The van der Waals surface area contributed by atoms with Crippen LogP contribution in [0.4, 0.5) is 0 Å². The molecule has 0 spiro atoms. The fourth-order valence-electron chi connectivity index (χ4n) is 0.127. The van der Waals surface area contributed by atoms with Gasteiger partial charge in [-0.05, 0) is 21.6 Å². The van der Waals surface area contributed by atoms with Crippen LogP contribution in [-0.4, -0.2) is 11.8 Å². The van der Waals surface area contributed by atoms with E-state index in [4.69, 9.17) is 13.1 Å². The van der Waals surface area contributed by atoms with Crippen LogP contribution in [0, 0.1) is 13.1 Å². The van der Waals surface area contributed by atoms with E-state index in [-0.39, 0.29) is 0 Å². The van der Waals surface area contributed by atoms with E-state index in [0.717, 1.165) is 0 Å².